The zero-order valence-electron chi connectivity index (χ0n) is 26.8. The fourth-order valence-corrected chi connectivity index (χ4v) is 10.9. The molecule has 248 valence electrons. The van der Waals surface area contributed by atoms with Crippen LogP contribution < -0.4 is 10.7 Å². The van der Waals surface area contributed by atoms with Crippen LogP contribution in [0, 0.1) is 17.8 Å². The van der Waals surface area contributed by atoms with Gasteiger partial charge >= 0.3 is 5.97 Å². The topological polar surface area (TPSA) is 148 Å². The zero-order chi connectivity index (χ0) is 31.9. The van der Waals surface area contributed by atoms with Gasteiger partial charge in [-0.05, 0) is 64.6 Å². The number of methoxy groups -OCH3 is 3. The number of hydrogen-bond donors (Lipinski definition) is 4. The quantitative estimate of drug-likeness (QED) is 0.311. The van der Waals surface area contributed by atoms with E-state index in [9.17, 15) is 19.8 Å². The van der Waals surface area contributed by atoms with E-state index in [2.05, 4.69) is 15.8 Å². The highest BCUT2D eigenvalue weighted by molar-refractivity contribution is 6.02. The molecule has 1 amide bonds. The Hall–Kier alpha value is -2.16. The van der Waals surface area contributed by atoms with Crippen LogP contribution in [0.25, 0.3) is 0 Å². The van der Waals surface area contributed by atoms with E-state index in [1.807, 2.05) is 14.0 Å². The van der Waals surface area contributed by atoms with E-state index >= 15 is 0 Å². The highest BCUT2D eigenvalue weighted by Gasteiger charge is 2.86. The Morgan fingerprint density at radius 3 is 2.49 bits per heavy atom. The normalized spacial score (nSPS) is 46.6. The van der Waals surface area contributed by atoms with Crippen molar-refractivity contribution in [2.24, 2.45) is 17.8 Å². The van der Waals surface area contributed by atoms with E-state index in [0.717, 1.165) is 6.42 Å². The van der Waals surface area contributed by atoms with E-state index in [0.29, 0.717) is 44.4 Å². The van der Waals surface area contributed by atoms with Gasteiger partial charge in [0.1, 0.15) is 22.9 Å². The number of fused-ring (bicyclic) bond motifs is 3. The molecule has 3 saturated heterocycles. The van der Waals surface area contributed by atoms with Crippen molar-refractivity contribution in [3.05, 3.63) is 29.8 Å². The van der Waals surface area contributed by atoms with Crippen molar-refractivity contribution in [3.8, 4) is 0 Å². The van der Waals surface area contributed by atoms with Gasteiger partial charge in [-0.2, -0.15) is 0 Å². The lowest BCUT2D eigenvalue weighted by atomic mass is 9.54. The summed E-state index contributed by atoms with van der Waals surface area (Å²) in [5.74, 6) is -1.72. The minimum atomic E-state index is -1.56. The smallest absolute Gasteiger partial charge is 0.340 e. The molecule has 3 aliphatic heterocycles. The number of nitrogens with one attached hydrogen (secondary N) is 2. The minimum Gasteiger partial charge on any atom is -0.455 e. The summed E-state index contributed by atoms with van der Waals surface area (Å²) in [6, 6.07) is 6.34. The number of aliphatic hydroxyl groups is 2. The van der Waals surface area contributed by atoms with Gasteiger partial charge in [0.2, 0.25) is 0 Å². The van der Waals surface area contributed by atoms with E-state index in [1.54, 1.807) is 45.6 Å². The number of nitrogens with zero attached hydrogens (tertiary/aromatic N) is 1. The first kappa shape index (κ1) is 31.4. The Morgan fingerprint density at radius 2 is 1.82 bits per heavy atom. The van der Waals surface area contributed by atoms with Crippen molar-refractivity contribution in [2.45, 2.75) is 105 Å². The number of carbonyl (C=O) groups excluding carboxylic acids is 2. The number of hydrazine groups is 1. The number of benzene rings is 1. The number of ether oxygens (including phenoxy) is 5. The Kier molecular flexibility index (Phi) is 7.65. The summed E-state index contributed by atoms with van der Waals surface area (Å²) >= 11 is 0. The van der Waals surface area contributed by atoms with Crippen LogP contribution in [0.15, 0.2) is 24.3 Å². The third kappa shape index (κ3) is 4.00. The van der Waals surface area contributed by atoms with Gasteiger partial charge in [-0.15, -0.1) is 0 Å². The average molecular weight is 630 g/mol. The highest BCUT2D eigenvalue weighted by atomic mass is 16.6. The lowest BCUT2D eigenvalue weighted by Gasteiger charge is -2.67. The predicted octanol–water partition coefficient (Wildman–Crippen LogP) is 1.64. The van der Waals surface area contributed by atoms with Gasteiger partial charge in [0.25, 0.3) is 5.91 Å². The van der Waals surface area contributed by atoms with E-state index in [-0.39, 0.29) is 41.9 Å². The molecule has 12 heteroatoms. The number of carbonyl (C=O) groups is 2. The summed E-state index contributed by atoms with van der Waals surface area (Å²) in [4.78, 5) is 27.0. The van der Waals surface area contributed by atoms with Gasteiger partial charge in [-0.3, -0.25) is 10.2 Å². The summed E-state index contributed by atoms with van der Waals surface area (Å²) in [6.45, 7) is 2.51. The molecule has 1 spiro atoms. The van der Waals surface area contributed by atoms with Crippen LogP contribution in [-0.2, 0) is 28.5 Å². The average Bonchev–Trinajstić information content (AvgIpc) is 3.74. The van der Waals surface area contributed by atoms with Crippen molar-refractivity contribution in [1.29, 1.82) is 0 Å². The Bertz CT molecular complexity index is 1340. The van der Waals surface area contributed by atoms with Gasteiger partial charge in [-0.25, -0.2) is 9.80 Å². The van der Waals surface area contributed by atoms with Crippen LogP contribution >= 0.6 is 0 Å². The Morgan fingerprint density at radius 1 is 1.04 bits per heavy atom. The maximum absolute atomic E-state index is 14.1. The van der Waals surface area contributed by atoms with Crippen LogP contribution in [-0.4, -0.2) is 115 Å². The van der Waals surface area contributed by atoms with Crippen molar-refractivity contribution in [1.82, 2.24) is 10.4 Å². The molecule has 6 fully saturated rings. The fourth-order valence-electron chi connectivity index (χ4n) is 10.9. The molecule has 45 heavy (non-hydrogen) atoms. The van der Waals surface area contributed by atoms with Crippen molar-refractivity contribution >= 4 is 17.6 Å². The lowest BCUT2D eigenvalue weighted by Crippen LogP contribution is -2.85. The summed E-state index contributed by atoms with van der Waals surface area (Å²) in [5, 5.41) is 30.5. The molecular formula is C33H47N3O9. The standard InChI is InChI=1S/C33H47N3O9/c1-30(45-29(38)18-9-6-7-10-20(18)35-28(37)21-11-8-14-44-21)13-12-26(42-4)32-23(30)16-25(36(32)34-2)31(39)17-22(41-3)19-15-24(32)33(31,40)27(19)43-5/h6-7,9-10,19,21-27,34,39-40H,8,11-17H2,1-5H3,(H,35,37)/t19-,21?,22+,23?,24?,25?,26+,27+,30?,31+,32?,33+/m1/s1. The summed E-state index contributed by atoms with van der Waals surface area (Å²) in [6.07, 6.45) is 2.05. The molecule has 12 atom stereocenters. The second kappa shape index (κ2) is 10.9. The van der Waals surface area contributed by atoms with Crippen molar-refractivity contribution in [3.63, 3.8) is 0 Å². The Labute approximate surface area is 264 Å². The van der Waals surface area contributed by atoms with Gasteiger partial charge in [-0.1, -0.05) is 12.1 Å². The van der Waals surface area contributed by atoms with Crippen LogP contribution in [0.2, 0.25) is 0 Å². The maximum Gasteiger partial charge on any atom is 0.340 e. The predicted molar refractivity (Wildman–Crippen MR) is 161 cm³/mol. The first-order chi connectivity index (χ1) is 21.5. The van der Waals surface area contributed by atoms with Gasteiger partial charge < -0.3 is 39.2 Å². The largest absolute Gasteiger partial charge is 0.455 e. The molecule has 4 bridgehead atoms. The molecule has 3 aliphatic carbocycles. The van der Waals surface area contributed by atoms with Crippen LogP contribution in [0.5, 0.6) is 0 Å². The summed E-state index contributed by atoms with van der Waals surface area (Å²) < 4.78 is 30.3. The molecule has 4 N–H and O–H groups in total. The number of esters is 1. The Balaban J connectivity index is 1.27. The second-order valence-electron chi connectivity index (χ2n) is 14.1. The second-order valence-corrected chi connectivity index (χ2v) is 14.1. The van der Waals surface area contributed by atoms with E-state index in [1.165, 1.54) is 0 Å². The molecule has 6 aliphatic rings. The molecule has 0 aromatic heterocycles. The van der Waals surface area contributed by atoms with Crippen molar-refractivity contribution in [2.75, 3.05) is 40.3 Å². The van der Waals surface area contributed by atoms with Gasteiger partial charge in [0, 0.05) is 52.1 Å². The van der Waals surface area contributed by atoms with Crippen LogP contribution in [0.1, 0.15) is 62.2 Å². The number of rotatable bonds is 8. The third-order valence-electron chi connectivity index (χ3n) is 12.6. The number of anilines is 1. The molecule has 7 rings (SSSR count). The SMILES string of the molecule is CNN1C2CC3C(C)(OC(=O)c4ccccc4NC(=O)C4CCCO4)CC[C@H](OC)C31C1C[C@@H]3[C@@H](OC)C[C@@]2(O)[C@@]1(O)[C@H]3OC. The molecule has 12 nitrogen and oxygen atoms in total. The maximum atomic E-state index is 14.1. The molecular weight excluding hydrogens is 582 g/mol. The molecule has 1 aromatic rings. The van der Waals surface area contributed by atoms with Crippen molar-refractivity contribution < 1.29 is 43.5 Å². The molecule has 1 aromatic carbocycles. The zero-order valence-corrected chi connectivity index (χ0v) is 26.8. The summed E-state index contributed by atoms with van der Waals surface area (Å²) in [5.41, 5.74) is -0.886. The lowest BCUT2D eigenvalue weighted by molar-refractivity contribution is -0.328. The monoisotopic (exact) mass is 629 g/mol. The first-order valence-electron chi connectivity index (χ1n) is 16.3. The number of hydrogen-bond acceptors (Lipinski definition) is 11. The highest BCUT2D eigenvalue weighted by Crippen LogP contribution is 2.72. The number of piperidine rings is 1. The van der Waals surface area contributed by atoms with Gasteiger partial charge in [0.15, 0.2) is 0 Å². The molecule has 3 heterocycles. The molecule has 0 radical (unpaired) electrons. The van der Waals surface area contributed by atoms with Crippen LogP contribution in [0.3, 0.4) is 0 Å². The van der Waals surface area contributed by atoms with E-state index < -0.39 is 52.5 Å². The summed E-state index contributed by atoms with van der Waals surface area (Å²) in [7, 11) is 6.77. The number of para-hydroxylation sites is 1. The fraction of sp³-hybridized carbons (Fsp3) is 0.758. The molecule has 6 unspecified atom stereocenters. The van der Waals surface area contributed by atoms with Gasteiger partial charge in [0.05, 0.1) is 41.1 Å². The van der Waals surface area contributed by atoms with Crippen LogP contribution in [0.4, 0.5) is 5.69 Å². The first-order valence-corrected chi connectivity index (χ1v) is 16.3. The number of amides is 1. The molecule has 3 saturated carbocycles. The third-order valence-corrected chi connectivity index (χ3v) is 12.6. The minimum absolute atomic E-state index is 0.129. The van der Waals surface area contributed by atoms with E-state index in [4.69, 9.17) is 23.7 Å².